The second-order valence-electron chi connectivity index (χ2n) is 5.82. The molecule has 0 saturated carbocycles. The fourth-order valence-corrected chi connectivity index (χ4v) is 2.18. The molecule has 0 aliphatic carbocycles. The van der Waals surface area contributed by atoms with E-state index in [-0.39, 0.29) is 11.3 Å². The Kier molecular flexibility index (Phi) is 9.94. The largest absolute Gasteiger partial charge is 0.342 e. The van der Waals surface area contributed by atoms with E-state index in [1.165, 1.54) is 25.7 Å². The second kappa shape index (κ2) is 10.2. The highest BCUT2D eigenvalue weighted by atomic mass is 16.2. The molecule has 1 amide bonds. The summed E-state index contributed by atoms with van der Waals surface area (Å²) >= 11 is 0. The summed E-state index contributed by atoms with van der Waals surface area (Å²) in [4.78, 5) is 14.7. The van der Waals surface area contributed by atoms with Crippen molar-refractivity contribution >= 4 is 5.91 Å². The van der Waals surface area contributed by atoms with Crippen LogP contribution >= 0.6 is 0 Å². The third kappa shape index (κ3) is 6.42. The number of carbonyl (C=O) groups is 1. The highest BCUT2D eigenvalue weighted by Gasteiger charge is 2.33. The van der Waals surface area contributed by atoms with Crippen molar-refractivity contribution in [2.24, 2.45) is 11.1 Å². The maximum atomic E-state index is 12.7. The van der Waals surface area contributed by atoms with E-state index >= 15 is 0 Å². The first-order chi connectivity index (χ1) is 9.05. The minimum Gasteiger partial charge on any atom is -0.342 e. The molecule has 0 aromatic carbocycles. The summed E-state index contributed by atoms with van der Waals surface area (Å²) in [5, 5.41) is 0. The van der Waals surface area contributed by atoms with Crippen molar-refractivity contribution in [2.75, 3.05) is 19.6 Å². The van der Waals surface area contributed by atoms with Crippen molar-refractivity contribution in [3.8, 4) is 0 Å². The summed E-state index contributed by atoms with van der Waals surface area (Å²) in [5.41, 5.74) is 5.44. The Morgan fingerprint density at radius 3 is 1.79 bits per heavy atom. The summed E-state index contributed by atoms with van der Waals surface area (Å²) < 4.78 is 0. The fraction of sp³-hybridized carbons (Fsp3) is 0.938. The molecule has 0 saturated heterocycles. The lowest BCUT2D eigenvalue weighted by Crippen LogP contribution is -2.46. The van der Waals surface area contributed by atoms with Gasteiger partial charge in [-0.05, 0) is 26.2 Å². The predicted molar refractivity (Wildman–Crippen MR) is 83.1 cm³/mol. The lowest BCUT2D eigenvalue weighted by atomic mass is 9.86. The molecule has 0 aromatic rings. The first kappa shape index (κ1) is 18.4. The van der Waals surface area contributed by atoms with E-state index in [1.807, 2.05) is 6.92 Å². The van der Waals surface area contributed by atoms with E-state index in [0.29, 0.717) is 6.54 Å². The molecule has 114 valence electrons. The first-order valence-electron chi connectivity index (χ1n) is 8.05. The average molecular weight is 270 g/mol. The van der Waals surface area contributed by atoms with Crippen LogP contribution in [0.3, 0.4) is 0 Å². The van der Waals surface area contributed by atoms with Crippen LogP contribution in [0.2, 0.25) is 0 Å². The maximum absolute atomic E-state index is 12.7. The van der Waals surface area contributed by atoms with Crippen LogP contribution in [-0.4, -0.2) is 30.4 Å². The summed E-state index contributed by atoms with van der Waals surface area (Å²) in [6.07, 6.45) is 7.82. The third-order valence-electron chi connectivity index (χ3n) is 4.10. The van der Waals surface area contributed by atoms with Gasteiger partial charge in [0.25, 0.3) is 0 Å². The standard InChI is InChI=1S/C16H34N2O/c1-5-8-10-12-18(13-11-9-6-2)15(19)16(4,7-3)14-17/h5-14,17H2,1-4H3. The van der Waals surface area contributed by atoms with Gasteiger partial charge in [0.1, 0.15) is 0 Å². The van der Waals surface area contributed by atoms with Crippen molar-refractivity contribution in [3.05, 3.63) is 0 Å². The van der Waals surface area contributed by atoms with E-state index in [2.05, 4.69) is 25.7 Å². The molecular formula is C16H34N2O. The van der Waals surface area contributed by atoms with Gasteiger partial charge in [0.2, 0.25) is 5.91 Å². The predicted octanol–water partition coefficient (Wildman–Crippen LogP) is 3.57. The Bertz CT molecular complexity index is 227. The molecule has 0 heterocycles. The molecule has 0 fully saturated rings. The number of amides is 1. The van der Waals surface area contributed by atoms with Crippen LogP contribution in [0.25, 0.3) is 0 Å². The Labute approximate surface area is 119 Å². The van der Waals surface area contributed by atoms with Gasteiger partial charge in [0, 0.05) is 19.6 Å². The maximum Gasteiger partial charge on any atom is 0.229 e. The molecule has 0 aromatic heterocycles. The Morgan fingerprint density at radius 1 is 1.00 bits per heavy atom. The van der Waals surface area contributed by atoms with Crippen molar-refractivity contribution in [2.45, 2.75) is 72.6 Å². The topological polar surface area (TPSA) is 46.3 Å². The minimum absolute atomic E-state index is 0.254. The molecule has 3 nitrogen and oxygen atoms in total. The summed E-state index contributed by atoms with van der Waals surface area (Å²) in [6.45, 7) is 10.7. The van der Waals surface area contributed by atoms with E-state index < -0.39 is 0 Å². The molecule has 0 aliphatic rings. The summed E-state index contributed by atoms with van der Waals surface area (Å²) in [5.74, 6) is 0.254. The number of unbranched alkanes of at least 4 members (excludes halogenated alkanes) is 4. The quantitative estimate of drug-likeness (QED) is 0.583. The van der Waals surface area contributed by atoms with Crippen LogP contribution in [0.15, 0.2) is 0 Å². The smallest absolute Gasteiger partial charge is 0.229 e. The summed E-state index contributed by atoms with van der Waals surface area (Å²) in [6, 6.07) is 0. The number of nitrogens with zero attached hydrogens (tertiary/aromatic N) is 1. The number of hydrogen-bond donors (Lipinski definition) is 1. The molecule has 0 radical (unpaired) electrons. The number of carbonyl (C=O) groups excluding carboxylic acids is 1. The molecule has 2 N–H and O–H groups in total. The van der Waals surface area contributed by atoms with Crippen molar-refractivity contribution in [1.29, 1.82) is 0 Å². The van der Waals surface area contributed by atoms with Crippen LogP contribution in [0.1, 0.15) is 72.6 Å². The van der Waals surface area contributed by atoms with E-state index in [1.54, 1.807) is 0 Å². The van der Waals surface area contributed by atoms with E-state index in [9.17, 15) is 4.79 Å². The molecule has 0 rings (SSSR count). The fourth-order valence-electron chi connectivity index (χ4n) is 2.18. The average Bonchev–Trinajstić information content (AvgIpc) is 2.44. The lowest BCUT2D eigenvalue weighted by Gasteiger charge is -2.33. The van der Waals surface area contributed by atoms with Gasteiger partial charge in [-0.25, -0.2) is 0 Å². The molecule has 1 unspecified atom stereocenters. The number of rotatable bonds is 11. The molecule has 1 atom stereocenters. The highest BCUT2D eigenvalue weighted by Crippen LogP contribution is 2.23. The van der Waals surface area contributed by atoms with E-state index in [0.717, 1.165) is 32.4 Å². The SMILES string of the molecule is CCCCCN(CCCCC)C(=O)C(C)(CC)CN. The molecule has 0 bridgehead atoms. The Morgan fingerprint density at radius 2 is 1.47 bits per heavy atom. The van der Waals surface area contributed by atoms with Crippen molar-refractivity contribution < 1.29 is 4.79 Å². The van der Waals surface area contributed by atoms with Gasteiger partial charge in [-0.2, -0.15) is 0 Å². The normalized spacial score (nSPS) is 14.2. The van der Waals surface area contributed by atoms with Gasteiger partial charge < -0.3 is 10.6 Å². The van der Waals surface area contributed by atoms with Gasteiger partial charge in [0.05, 0.1) is 5.41 Å². The number of hydrogen-bond acceptors (Lipinski definition) is 2. The molecule has 3 heteroatoms. The van der Waals surface area contributed by atoms with Crippen LogP contribution in [0.5, 0.6) is 0 Å². The summed E-state index contributed by atoms with van der Waals surface area (Å²) in [7, 11) is 0. The zero-order valence-corrected chi connectivity index (χ0v) is 13.5. The van der Waals surface area contributed by atoms with Gasteiger partial charge in [-0.15, -0.1) is 0 Å². The van der Waals surface area contributed by atoms with Crippen LogP contribution < -0.4 is 5.73 Å². The zero-order valence-electron chi connectivity index (χ0n) is 13.5. The minimum atomic E-state index is -0.377. The van der Waals surface area contributed by atoms with Gasteiger partial charge in [-0.1, -0.05) is 46.5 Å². The molecule has 0 spiro atoms. The molecule has 19 heavy (non-hydrogen) atoms. The van der Waals surface area contributed by atoms with Gasteiger partial charge in [-0.3, -0.25) is 4.79 Å². The monoisotopic (exact) mass is 270 g/mol. The van der Waals surface area contributed by atoms with Crippen LogP contribution in [-0.2, 0) is 4.79 Å². The zero-order chi connectivity index (χ0) is 14.7. The molecule has 0 aliphatic heterocycles. The third-order valence-corrected chi connectivity index (χ3v) is 4.10. The van der Waals surface area contributed by atoms with Crippen LogP contribution in [0, 0.1) is 5.41 Å². The highest BCUT2D eigenvalue weighted by molar-refractivity contribution is 5.82. The van der Waals surface area contributed by atoms with Crippen molar-refractivity contribution in [1.82, 2.24) is 4.90 Å². The van der Waals surface area contributed by atoms with Gasteiger partial charge in [0.15, 0.2) is 0 Å². The lowest BCUT2D eigenvalue weighted by molar-refractivity contribution is -0.141. The molecular weight excluding hydrogens is 236 g/mol. The Hall–Kier alpha value is -0.570. The number of nitrogens with two attached hydrogens (primary N) is 1. The van der Waals surface area contributed by atoms with Crippen molar-refractivity contribution in [3.63, 3.8) is 0 Å². The van der Waals surface area contributed by atoms with Crippen LogP contribution in [0.4, 0.5) is 0 Å². The van der Waals surface area contributed by atoms with E-state index in [4.69, 9.17) is 5.73 Å². The first-order valence-corrected chi connectivity index (χ1v) is 8.05. The second-order valence-corrected chi connectivity index (χ2v) is 5.82. The Balaban J connectivity index is 4.55. The van der Waals surface area contributed by atoms with Gasteiger partial charge >= 0.3 is 0 Å².